The van der Waals surface area contributed by atoms with E-state index in [1.54, 1.807) is 0 Å². The summed E-state index contributed by atoms with van der Waals surface area (Å²) < 4.78 is 0. The van der Waals surface area contributed by atoms with E-state index in [2.05, 4.69) is 63.8 Å². The molecule has 2 rings (SSSR count). The van der Waals surface area contributed by atoms with Gasteiger partial charge in [0.2, 0.25) is 0 Å². The number of unbranched alkanes of at least 4 members (excludes halogenated alkanes) is 1. The standard InChI is InChI=1S/C24H30N2/c1-6-8-16-23(26-7-2)24(20-15-11-12-17(3)18(20)4)22-14-10-9-13-21(22)19(5)25/h7,9-16,24H,5-6,8,25H2,1-4H3/b23-16-,26-7?. The molecule has 0 radical (unpaired) electrons. The Kier molecular flexibility index (Phi) is 6.97. The minimum atomic E-state index is 0.0362. The fraction of sp³-hybridized carbons (Fsp3) is 0.292. The molecule has 0 saturated carbocycles. The number of aryl methyl sites for hydroxylation is 1. The van der Waals surface area contributed by atoms with Crippen LogP contribution in [0.4, 0.5) is 0 Å². The van der Waals surface area contributed by atoms with Gasteiger partial charge in [0.05, 0.1) is 5.92 Å². The Morgan fingerprint density at radius 2 is 1.81 bits per heavy atom. The number of nitrogens with two attached hydrogens (primary N) is 1. The molecule has 1 atom stereocenters. The average molecular weight is 347 g/mol. The van der Waals surface area contributed by atoms with Crippen LogP contribution in [0.5, 0.6) is 0 Å². The smallest absolute Gasteiger partial charge is 0.0518 e. The maximum Gasteiger partial charge on any atom is 0.0518 e. The van der Waals surface area contributed by atoms with Gasteiger partial charge in [0.15, 0.2) is 0 Å². The van der Waals surface area contributed by atoms with Gasteiger partial charge in [-0.25, -0.2) is 0 Å². The van der Waals surface area contributed by atoms with E-state index in [0.29, 0.717) is 5.70 Å². The highest BCUT2D eigenvalue weighted by molar-refractivity contribution is 5.67. The molecule has 0 bridgehead atoms. The summed E-state index contributed by atoms with van der Waals surface area (Å²) in [5.74, 6) is 0.0362. The monoisotopic (exact) mass is 346 g/mol. The molecule has 26 heavy (non-hydrogen) atoms. The van der Waals surface area contributed by atoms with Crippen LogP contribution in [-0.4, -0.2) is 6.21 Å². The summed E-state index contributed by atoms with van der Waals surface area (Å²) in [7, 11) is 0. The van der Waals surface area contributed by atoms with Crippen molar-refractivity contribution in [3.63, 3.8) is 0 Å². The summed E-state index contributed by atoms with van der Waals surface area (Å²) in [6, 6.07) is 14.7. The average Bonchev–Trinajstić information content (AvgIpc) is 2.63. The van der Waals surface area contributed by atoms with E-state index in [1.807, 2.05) is 25.3 Å². The second kappa shape index (κ2) is 9.19. The van der Waals surface area contributed by atoms with Crippen molar-refractivity contribution < 1.29 is 0 Å². The third-order valence-corrected chi connectivity index (χ3v) is 4.79. The van der Waals surface area contributed by atoms with Crippen molar-refractivity contribution in [2.24, 2.45) is 10.7 Å². The lowest BCUT2D eigenvalue weighted by molar-refractivity contribution is 0.873. The Morgan fingerprint density at radius 3 is 2.46 bits per heavy atom. The van der Waals surface area contributed by atoms with Crippen LogP contribution in [-0.2, 0) is 0 Å². The van der Waals surface area contributed by atoms with E-state index in [9.17, 15) is 0 Å². The second-order valence-corrected chi connectivity index (χ2v) is 6.64. The predicted octanol–water partition coefficient (Wildman–Crippen LogP) is 6.14. The van der Waals surface area contributed by atoms with Gasteiger partial charge in [-0.2, -0.15) is 0 Å². The highest BCUT2D eigenvalue weighted by Crippen LogP contribution is 2.38. The fourth-order valence-corrected chi connectivity index (χ4v) is 3.30. The number of hydrogen-bond acceptors (Lipinski definition) is 2. The van der Waals surface area contributed by atoms with Crippen molar-refractivity contribution in [3.05, 3.63) is 88.6 Å². The summed E-state index contributed by atoms with van der Waals surface area (Å²) in [5, 5.41) is 0. The van der Waals surface area contributed by atoms with Crippen LogP contribution in [0.3, 0.4) is 0 Å². The molecule has 2 N–H and O–H groups in total. The normalized spacial score (nSPS) is 13.2. The summed E-state index contributed by atoms with van der Waals surface area (Å²) in [6.45, 7) is 12.5. The van der Waals surface area contributed by atoms with Crippen molar-refractivity contribution in [2.45, 2.75) is 46.5 Å². The minimum Gasteiger partial charge on any atom is -0.399 e. The van der Waals surface area contributed by atoms with E-state index in [-0.39, 0.29) is 5.92 Å². The van der Waals surface area contributed by atoms with Gasteiger partial charge in [-0.15, -0.1) is 0 Å². The fourth-order valence-electron chi connectivity index (χ4n) is 3.30. The molecular formula is C24H30N2. The quantitative estimate of drug-likeness (QED) is 0.601. The second-order valence-electron chi connectivity index (χ2n) is 6.64. The molecule has 0 heterocycles. The van der Waals surface area contributed by atoms with E-state index < -0.39 is 0 Å². The highest BCUT2D eigenvalue weighted by atomic mass is 14.7. The molecule has 0 fully saturated rings. The lowest BCUT2D eigenvalue weighted by Crippen LogP contribution is -2.11. The summed E-state index contributed by atoms with van der Waals surface area (Å²) in [5.41, 5.74) is 13.8. The van der Waals surface area contributed by atoms with Crippen LogP contribution in [0.25, 0.3) is 5.70 Å². The lowest BCUT2D eigenvalue weighted by Gasteiger charge is -2.24. The summed E-state index contributed by atoms with van der Waals surface area (Å²) in [6.07, 6.45) is 6.22. The molecule has 2 nitrogen and oxygen atoms in total. The Labute approximate surface area is 158 Å². The maximum absolute atomic E-state index is 6.12. The summed E-state index contributed by atoms with van der Waals surface area (Å²) >= 11 is 0. The maximum atomic E-state index is 6.12. The Bertz CT molecular complexity index is 828. The molecule has 0 aromatic heterocycles. The predicted molar refractivity (Wildman–Crippen MR) is 115 cm³/mol. The van der Waals surface area contributed by atoms with E-state index in [4.69, 9.17) is 10.7 Å². The van der Waals surface area contributed by atoms with Crippen molar-refractivity contribution in [1.82, 2.24) is 0 Å². The van der Waals surface area contributed by atoms with Crippen LogP contribution in [0.15, 0.2) is 65.8 Å². The number of hydrogen-bond donors (Lipinski definition) is 1. The third-order valence-electron chi connectivity index (χ3n) is 4.79. The van der Waals surface area contributed by atoms with E-state index in [1.165, 1.54) is 16.7 Å². The molecule has 0 amide bonds. The third kappa shape index (κ3) is 4.32. The molecule has 1 unspecified atom stereocenters. The first-order valence-electron chi connectivity index (χ1n) is 9.29. The first-order chi connectivity index (χ1) is 12.5. The van der Waals surface area contributed by atoms with Gasteiger partial charge >= 0.3 is 0 Å². The molecule has 0 spiro atoms. The number of rotatable bonds is 7. The van der Waals surface area contributed by atoms with Crippen molar-refractivity contribution >= 4 is 11.9 Å². The molecule has 2 aromatic carbocycles. The van der Waals surface area contributed by atoms with Crippen LogP contribution in [0.1, 0.15) is 60.4 Å². The topological polar surface area (TPSA) is 38.4 Å². The molecule has 2 aromatic rings. The minimum absolute atomic E-state index is 0.0362. The van der Waals surface area contributed by atoms with Crippen molar-refractivity contribution in [2.75, 3.05) is 0 Å². The zero-order valence-corrected chi connectivity index (χ0v) is 16.4. The molecule has 0 saturated heterocycles. The van der Waals surface area contributed by atoms with Crippen LogP contribution < -0.4 is 5.73 Å². The van der Waals surface area contributed by atoms with Crippen molar-refractivity contribution in [3.8, 4) is 0 Å². The summed E-state index contributed by atoms with van der Waals surface area (Å²) in [4.78, 5) is 4.75. The van der Waals surface area contributed by atoms with Gasteiger partial charge in [0.1, 0.15) is 0 Å². The molecule has 0 aliphatic carbocycles. The Hall–Kier alpha value is -2.61. The number of aliphatic imine (C=N–C) groups is 1. The van der Waals surface area contributed by atoms with Crippen molar-refractivity contribution in [1.29, 1.82) is 0 Å². The Balaban J connectivity index is 2.78. The SMILES string of the molecule is C=C(N)c1ccccc1C(/C(=C/CCC)N=CC)c1cccc(C)c1C. The molecule has 0 aliphatic heterocycles. The molecular weight excluding hydrogens is 316 g/mol. The zero-order chi connectivity index (χ0) is 19.1. The van der Waals surface area contributed by atoms with Gasteiger partial charge < -0.3 is 5.73 Å². The first kappa shape index (κ1) is 19.7. The largest absolute Gasteiger partial charge is 0.399 e. The van der Waals surface area contributed by atoms with Gasteiger partial charge in [-0.05, 0) is 49.4 Å². The van der Waals surface area contributed by atoms with Crippen LogP contribution in [0, 0.1) is 13.8 Å². The van der Waals surface area contributed by atoms with Gasteiger partial charge in [-0.1, -0.05) is 68.5 Å². The number of nitrogens with zero attached hydrogens (tertiary/aromatic N) is 1. The van der Waals surface area contributed by atoms with E-state index >= 15 is 0 Å². The zero-order valence-electron chi connectivity index (χ0n) is 16.4. The number of allylic oxidation sites excluding steroid dienone is 2. The number of benzene rings is 2. The van der Waals surface area contributed by atoms with Gasteiger partial charge in [0, 0.05) is 23.2 Å². The van der Waals surface area contributed by atoms with Gasteiger partial charge in [0.25, 0.3) is 0 Å². The molecule has 0 aliphatic rings. The van der Waals surface area contributed by atoms with Gasteiger partial charge in [-0.3, -0.25) is 4.99 Å². The highest BCUT2D eigenvalue weighted by Gasteiger charge is 2.23. The van der Waals surface area contributed by atoms with E-state index in [0.717, 1.165) is 29.7 Å². The first-order valence-corrected chi connectivity index (χ1v) is 9.29. The Morgan fingerprint density at radius 1 is 1.12 bits per heavy atom. The lowest BCUT2D eigenvalue weighted by atomic mass is 9.82. The molecule has 136 valence electrons. The molecule has 2 heteroatoms. The van der Waals surface area contributed by atoms with Crippen LogP contribution in [0.2, 0.25) is 0 Å². The van der Waals surface area contributed by atoms with Crippen LogP contribution >= 0.6 is 0 Å².